The van der Waals surface area contributed by atoms with Crippen LogP contribution in [0.15, 0.2) is 64.2 Å². The molecule has 1 aliphatic heterocycles. The smallest absolute Gasteiger partial charge is 0.157 e. The van der Waals surface area contributed by atoms with E-state index in [1.807, 2.05) is 54.6 Å². The van der Waals surface area contributed by atoms with Crippen molar-refractivity contribution < 1.29 is 5.11 Å². The molecule has 0 aliphatic carbocycles. The van der Waals surface area contributed by atoms with Gasteiger partial charge in [-0.3, -0.25) is 0 Å². The van der Waals surface area contributed by atoms with Gasteiger partial charge in [0.05, 0.1) is 5.69 Å². The predicted molar refractivity (Wildman–Crippen MR) is 88.1 cm³/mol. The van der Waals surface area contributed by atoms with Gasteiger partial charge in [0, 0.05) is 15.8 Å². The molecular formula is C15H13BrN2OS. The fraction of sp³-hybridized carbons (Fsp3) is 0.133. The molecule has 0 spiro atoms. The van der Waals surface area contributed by atoms with Crippen LogP contribution in [0.5, 0.6) is 0 Å². The Balaban J connectivity index is 1.94. The summed E-state index contributed by atoms with van der Waals surface area (Å²) in [5.41, 5.74) is 1.96. The van der Waals surface area contributed by atoms with Gasteiger partial charge in [0.1, 0.15) is 5.04 Å². The number of halogens is 1. The molecule has 1 N–H and O–H groups in total. The van der Waals surface area contributed by atoms with Crippen molar-refractivity contribution in [1.82, 2.24) is 0 Å². The van der Waals surface area contributed by atoms with Gasteiger partial charge in [-0.2, -0.15) is 5.10 Å². The van der Waals surface area contributed by atoms with Crippen LogP contribution in [-0.4, -0.2) is 22.1 Å². The Kier molecular flexibility index (Phi) is 4.10. The van der Waals surface area contributed by atoms with Crippen molar-refractivity contribution in [2.24, 2.45) is 5.10 Å². The first-order valence-electron chi connectivity index (χ1n) is 6.24. The second-order valence-corrected chi connectivity index (χ2v) is 6.31. The Hall–Kier alpha value is -1.30. The van der Waals surface area contributed by atoms with Crippen LogP contribution in [-0.2, 0) is 0 Å². The second kappa shape index (κ2) is 5.99. The average molecular weight is 349 g/mol. The van der Waals surface area contributed by atoms with E-state index in [4.69, 9.17) is 0 Å². The van der Waals surface area contributed by atoms with Crippen LogP contribution in [0.3, 0.4) is 0 Å². The first-order valence-corrected chi connectivity index (χ1v) is 8.01. The summed E-state index contributed by atoms with van der Waals surface area (Å²) < 4.78 is 1.04. The molecule has 2 aromatic carbocycles. The van der Waals surface area contributed by atoms with Crippen LogP contribution in [0.4, 0.5) is 5.69 Å². The lowest BCUT2D eigenvalue weighted by Crippen LogP contribution is -2.37. The maximum atomic E-state index is 10.1. The van der Waals surface area contributed by atoms with E-state index in [-0.39, 0.29) is 0 Å². The Morgan fingerprint density at radius 2 is 1.80 bits per heavy atom. The quantitative estimate of drug-likeness (QED) is 0.898. The van der Waals surface area contributed by atoms with Crippen molar-refractivity contribution in [1.29, 1.82) is 0 Å². The minimum Gasteiger partial charge on any atom is -0.371 e. The van der Waals surface area contributed by atoms with Crippen LogP contribution < -0.4 is 5.01 Å². The number of hydrogen-bond donors (Lipinski definition) is 1. The molecule has 1 atom stereocenters. The summed E-state index contributed by atoms with van der Waals surface area (Å²) in [5.74, 6) is 0.601. The van der Waals surface area contributed by atoms with Gasteiger partial charge in [-0.25, -0.2) is 5.01 Å². The van der Waals surface area contributed by atoms with Crippen molar-refractivity contribution >= 4 is 38.4 Å². The number of aliphatic hydroxyl groups is 1. The number of para-hydroxylation sites is 1. The summed E-state index contributed by atoms with van der Waals surface area (Å²) >= 11 is 5.00. The van der Waals surface area contributed by atoms with Gasteiger partial charge in [0.15, 0.2) is 6.23 Å². The number of anilines is 1. The summed E-state index contributed by atoms with van der Waals surface area (Å²) in [4.78, 5) is 0. The topological polar surface area (TPSA) is 35.8 Å². The maximum Gasteiger partial charge on any atom is 0.157 e. The maximum absolute atomic E-state index is 10.1. The lowest BCUT2D eigenvalue weighted by atomic mass is 10.2. The van der Waals surface area contributed by atoms with Gasteiger partial charge in [-0.1, -0.05) is 58.0 Å². The monoisotopic (exact) mass is 348 g/mol. The van der Waals surface area contributed by atoms with Crippen LogP contribution in [0.2, 0.25) is 0 Å². The van der Waals surface area contributed by atoms with E-state index < -0.39 is 6.23 Å². The molecular weight excluding hydrogens is 336 g/mol. The zero-order chi connectivity index (χ0) is 13.9. The molecule has 0 aromatic heterocycles. The van der Waals surface area contributed by atoms with Gasteiger partial charge in [-0.15, -0.1) is 0 Å². The van der Waals surface area contributed by atoms with Gasteiger partial charge < -0.3 is 5.11 Å². The fourth-order valence-corrected chi connectivity index (χ4v) is 3.12. The summed E-state index contributed by atoms with van der Waals surface area (Å²) in [6, 6.07) is 17.8. The first-order chi connectivity index (χ1) is 9.74. The number of rotatable bonds is 2. The van der Waals surface area contributed by atoms with Crippen LogP contribution in [0.25, 0.3) is 0 Å². The molecule has 2 aromatic rings. The predicted octanol–water partition coefficient (Wildman–Crippen LogP) is 3.68. The van der Waals surface area contributed by atoms with E-state index in [1.54, 1.807) is 16.8 Å². The Labute approximate surface area is 130 Å². The third-order valence-corrected chi connectivity index (χ3v) is 4.55. The van der Waals surface area contributed by atoms with Gasteiger partial charge in [-0.05, 0) is 24.3 Å². The van der Waals surface area contributed by atoms with Gasteiger partial charge >= 0.3 is 0 Å². The summed E-state index contributed by atoms with van der Waals surface area (Å²) in [6.07, 6.45) is -0.596. The minimum absolute atomic E-state index is 0.596. The molecule has 1 aliphatic rings. The molecule has 0 saturated heterocycles. The number of thioether (sulfide) groups is 1. The van der Waals surface area contributed by atoms with Gasteiger partial charge in [0.2, 0.25) is 0 Å². The Morgan fingerprint density at radius 3 is 2.50 bits per heavy atom. The number of hydrazone groups is 1. The molecule has 20 heavy (non-hydrogen) atoms. The molecule has 3 rings (SSSR count). The second-order valence-electron chi connectivity index (χ2n) is 4.38. The Morgan fingerprint density at radius 1 is 1.10 bits per heavy atom. The Bertz CT molecular complexity index is 616. The fourth-order valence-electron chi connectivity index (χ4n) is 1.96. The van der Waals surface area contributed by atoms with E-state index >= 15 is 0 Å². The molecule has 1 heterocycles. The van der Waals surface area contributed by atoms with Crippen molar-refractivity contribution in [3.8, 4) is 0 Å². The number of nitrogens with zero attached hydrogens (tertiary/aromatic N) is 2. The molecule has 0 amide bonds. The van der Waals surface area contributed by atoms with Crippen molar-refractivity contribution in [3.05, 3.63) is 64.6 Å². The van der Waals surface area contributed by atoms with Crippen LogP contribution >= 0.6 is 27.7 Å². The van der Waals surface area contributed by atoms with E-state index in [0.717, 1.165) is 20.8 Å². The zero-order valence-corrected chi connectivity index (χ0v) is 13.0. The molecule has 102 valence electrons. The summed E-state index contributed by atoms with van der Waals surface area (Å²) in [5, 5.41) is 17.3. The molecule has 0 fully saturated rings. The normalized spacial score (nSPS) is 18.8. The molecule has 0 radical (unpaired) electrons. The molecule has 0 bridgehead atoms. The molecule has 0 saturated carbocycles. The summed E-state index contributed by atoms with van der Waals surface area (Å²) in [6.45, 7) is 0. The average Bonchev–Trinajstić information content (AvgIpc) is 2.50. The largest absolute Gasteiger partial charge is 0.371 e. The van der Waals surface area contributed by atoms with E-state index in [0.29, 0.717) is 5.75 Å². The molecule has 5 heteroatoms. The third-order valence-electron chi connectivity index (χ3n) is 2.96. The highest BCUT2D eigenvalue weighted by atomic mass is 79.9. The lowest BCUT2D eigenvalue weighted by Gasteiger charge is -2.29. The number of benzene rings is 2. The van der Waals surface area contributed by atoms with Crippen molar-refractivity contribution in [2.75, 3.05) is 10.8 Å². The standard InChI is InChI=1S/C15H13BrN2OS/c16-12-8-6-11(7-9-12)15-17-18(14(19)10-20-15)13-4-2-1-3-5-13/h1-9,14,19H,10H2. The van der Waals surface area contributed by atoms with E-state index in [9.17, 15) is 5.11 Å². The SMILES string of the molecule is OC1CSC(c2ccc(Br)cc2)=NN1c1ccccc1. The highest BCUT2D eigenvalue weighted by Gasteiger charge is 2.23. The zero-order valence-electron chi connectivity index (χ0n) is 10.6. The first kappa shape index (κ1) is 13.7. The van der Waals surface area contributed by atoms with E-state index in [2.05, 4.69) is 21.0 Å². The van der Waals surface area contributed by atoms with Gasteiger partial charge in [0.25, 0.3) is 0 Å². The molecule has 3 nitrogen and oxygen atoms in total. The van der Waals surface area contributed by atoms with Crippen molar-refractivity contribution in [3.63, 3.8) is 0 Å². The highest BCUT2D eigenvalue weighted by Crippen LogP contribution is 2.27. The highest BCUT2D eigenvalue weighted by molar-refractivity contribution is 9.10. The third kappa shape index (κ3) is 2.90. The lowest BCUT2D eigenvalue weighted by molar-refractivity contribution is 0.193. The minimum atomic E-state index is -0.596. The number of hydrogen-bond acceptors (Lipinski definition) is 4. The van der Waals surface area contributed by atoms with Crippen LogP contribution in [0.1, 0.15) is 5.56 Å². The van der Waals surface area contributed by atoms with E-state index in [1.165, 1.54) is 0 Å². The van der Waals surface area contributed by atoms with Crippen molar-refractivity contribution in [2.45, 2.75) is 6.23 Å². The number of aliphatic hydroxyl groups excluding tert-OH is 1. The van der Waals surface area contributed by atoms with Crippen LogP contribution in [0, 0.1) is 0 Å². The molecule has 1 unspecified atom stereocenters. The summed E-state index contributed by atoms with van der Waals surface area (Å²) in [7, 11) is 0.